The minimum atomic E-state index is -0.941. The highest BCUT2D eigenvalue weighted by Gasteiger charge is 2.14. The van der Waals surface area contributed by atoms with Gasteiger partial charge in [0.1, 0.15) is 0 Å². The molecule has 1 N–H and O–H groups in total. The summed E-state index contributed by atoms with van der Waals surface area (Å²) in [4.78, 5) is 20.4. The lowest BCUT2D eigenvalue weighted by molar-refractivity contribution is 0.0699. The molecule has 0 fully saturated rings. The van der Waals surface area contributed by atoms with Crippen molar-refractivity contribution < 1.29 is 9.90 Å². The maximum absolute atomic E-state index is 11.7. The number of fused-ring (bicyclic) bond motifs is 1. The number of benzene rings is 1. The predicted molar refractivity (Wildman–Crippen MR) is 90.6 cm³/mol. The van der Waals surface area contributed by atoms with Crippen molar-refractivity contribution in [3.63, 3.8) is 0 Å². The zero-order valence-corrected chi connectivity index (χ0v) is 13.2. The SMILES string of the molecule is CCC(C)c1ccc2nc(-c3cccnc3)cc(C(=O)O)c2c1. The Balaban J connectivity index is 2.23. The number of aromatic nitrogens is 2. The number of nitrogens with zero attached hydrogens (tertiary/aromatic N) is 2. The Morgan fingerprint density at radius 2 is 2.09 bits per heavy atom. The van der Waals surface area contributed by atoms with Crippen LogP contribution in [-0.4, -0.2) is 21.0 Å². The Morgan fingerprint density at radius 3 is 2.74 bits per heavy atom. The molecule has 4 heteroatoms. The van der Waals surface area contributed by atoms with Crippen LogP contribution in [0.4, 0.5) is 0 Å². The first kappa shape index (κ1) is 15.2. The Morgan fingerprint density at radius 1 is 1.26 bits per heavy atom. The van der Waals surface area contributed by atoms with E-state index in [1.807, 2.05) is 30.3 Å². The van der Waals surface area contributed by atoms with Gasteiger partial charge in [-0.25, -0.2) is 9.78 Å². The molecule has 23 heavy (non-hydrogen) atoms. The minimum absolute atomic E-state index is 0.277. The quantitative estimate of drug-likeness (QED) is 0.770. The zero-order chi connectivity index (χ0) is 16.4. The van der Waals surface area contributed by atoms with Crippen LogP contribution in [0.25, 0.3) is 22.2 Å². The van der Waals surface area contributed by atoms with Crippen LogP contribution in [0.2, 0.25) is 0 Å². The fourth-order valence-electron chi connectivity index (χ4n) is 2.62. The first-order valence-corrected chi connectivity index (χ1v) is 7.68. The lowest BCUT2D eigenvalue weighted by atomic mass is 9.95. The van der Waals surface area contributed by atoms with Crippen molar-refractivity contribution in [3.05, 3.63) is 59.9 Å². The van der Waals surface area contributed by atoms with Crippen molar-refractivity contribution in [3.8, 4) is 11.3 Å². The molecular formula is C19H18N2O2. The second-order valence-electron chi connectivity index (χ2n) is 5.69. The number of hydrogen-bond acceptors (Lipinski definition) is 3. The van der Waals surface area contributed by atoms with Gasteiger partial charge in [-0.3, -0.25) is 4.98 Å². The van der Waals surface area contributed by atoms with Gasteiger partial charge in [-0.15, -0.1) is 0 Å². The summed E-state index contributed by atoms with van der Waals surface area (Å²) in [6, 6.07) is 11.2. The smallest absolute Gasteiger partial charge is 0.336 e. The Bertz CT molecular complexity index is 860. The summed E-state index contributed by atoms with van der Waals surface area (Å²) in [5.74, 6) is -0.553. The second-order valence-corrected chi connectivity index (χ2v) is 5.69. The van der Waals surface area contributed by atoms with E-state index in [9.17, 15) is 9.90 Å². The highest BCUT2D eigenvalue weighted by Crippen LogP contribution is 2.28. The number of hydrogen-bond donors (Lipinski definition) is 1. The van der Waals surface area contributed by atoms with Crippen molar-refractivity contribution in [2.75, 3.05) is 0 Å². The van der Waals surface area contributed by atoms with Crippen LogP contribution in [0, 0.1) is 0 Å². The van der Waals surface area contributed by atoms with E-state index in [4.69, 9.17) is 0 Å². The van der Waals surface area contributed by atoms with Crippen molar-refractivity contribution in [2.45, 2.75) is 26.2 Å². The van der Waals surface area contributed by atoms with Gasteiger partial charge in [0.15, 0.2) is 0 Å². The molecule has 1 aromatic carbocycles. The van der Waals surface area contributed by atoms with Crippen molar-refractivity contribution >= 4 is 16.9 Å². The largest absolute Gasteiger partial charge is 0.478 e. The van der Waals surface area contributed by atoms with Crippen LogP contribution >= 0.6 is 0 Å². The van der Waals surface area contributed by atoms with Gasteiger partial charge in [0.25, 0.3) is 0 Å². The molecule has 0 bridgehead atoms. The lowest BCUT2D eigenvalue weighted by Gasteiger charge is -2.12. The third-order valence-electron chi connectivity index (χ3n) is 4.20. The maximum Gasteiger partial charge on any atom is 0.336 e. The molecular weight excluding hydrogens is 288 g/mol. The van der Waals surface area contributed by atoms with E-state index in [-0.39, 0.29) is 5.56 Å². The molecule has 0 amide bonds. The zero-order valence-electron chi connectivity index (χ0n) is 13.2. The number of rotatable bonds is 4. The van der Waals surface area contributed by atoms with E-state index < -0.39 is 5.97 Å². The summed E-state index contributed by atoms with van der Waals surface area (Å²) in [6.45, 7) is 4.26. The second kappa shape index (κ2) is 6.16. The standard InChI is InChI=1S/C19H18N2O2/c1-3-12(2)13-6-7-17-15(9-13)16(19(22)23)10-18(21-17)14-5-4-8-20-11-14/h4-12H,3H2,1-2H3,(H,22,23). The Hall–Kier alpha value is -2.75. The van der Waals surface area contributed by atoms with E-state index in [2.05, 4.69) is 23.8 Å². The summed E-state index contributed by atoms with van der Waals surface area (Å²) in [7, 11) is 0. The molecule has 116 valence electrons. The van der Waals surface area contributed by atoms with Gasteiger partial charge in [0, 0.05) is 23.3 Å². The lowest BCUT2D eigenvalue weighted by Crippen LogP contribution is -2.02. The fourth-order valence-corrected chi connectivity index (χ4v) is 2.62. The van der Waals surface area contributed by atoms with Gasteiger partial charge in [-0.1, -0.05) is 19.9 Å². The molecule has 0 aliphatic heterocycles. The van der Waals surface area contributed by atoms with Crippen LogP contribution in [-0.2, 0) is 0 Å². The van der Waals surface area contributed by atoms with Crippen LogP contribution in [0.5, 0.6) is 0 Å². The number of carboxylic acids is 1. The van der Waals surface area contributed by atoms with E-state index >= 15 is 0 Å². The molecule has 2 aromatic heterocycles. The van der Waals surface area contributed by atoms with Crippen molar-refractivity contribution in [2.24, 2.45) is 0 Å². The van der Waals surface area contributed by atoms with Crippen LogP contribution < -0.4 is 0 Å². The van der Waals surface area contributed by atoms with Crippen molar-refractivity contribution in [1.29, 1.82) is 0 Å². The molecule has 0 radical (unpaired) electrons. The third-order valence-corrected chi connectivity index (χ3v) is 4.20. The van der Waals surface area contributed by atoms with Gasteiger partial charge in [-0.05, 0) is 48.2 Å². The number of aromatic carboxylic acids is 1. The van der Waals surface area contributed by atoms with E-state index in [1.165, 1.54) is 0 Å². The fraction of sp³-hybridized carbons (Fsp3) is 0.211. The molecule has 0 saturated heterocycles. The summed E-state index contributed by atoms with van der Waals surface area (Å²) in [6.07, 6.45) is 4.38. The Kier molecular flexibility index (Phi) is 4.06. The minimum Gasteiger partial charge on any atom is -0.478 e. The van der Waals surface area contributed by atoms with Crippen LogP contribution in [0.3, 0.4) is 0 Å². The monoisotopic (exact) mass is 306 g/mol. The summed E-state index contributed by atoms with van der Waals surface area (Å²) >= 11 is 0. The average molecular weight is 306 g/mol. The van der Waals surface area contributed by atoms with Gasteiger partial charge >= 0.3 is 5.97 Å². The molecule has 0 aliphatic carbocycles. The number of carboxylic acid groups (broad SMARTS) is 1. The molecule has 1 atom stereocenters. The number of carbonyl (C=O) groups is 1. The van der Waals surface area contributed by atoms with Crippen molar-refractivity contribution in [1.82, 2.24) is 9.97 Å². The molecule has 3 aromatic rings. The highest BCUT2D eigenvalue weighted by atomic mass is 16.4. The maximum atomic E-state index is 11.7. The number of pyridine rings is 2. The van der Waals surface area contributed by atoms with E-state index in [0.29, 0.717) is 22.5 Å². The first-order chi connectivity index (χ1) is 11.1. The van der Waals surface area contributed by atoms with Gasteiger partial charge < -0.3 is 5.11 Å². The molecule has 2 heterocycles. The van der Waals surface area contributed by atoms with Gasteiger partial charge in [0.2, 0.25) is 0 Å². The predicted octanol–water partition coefficient (Wildman–Crippen LogP) is 4.51. The highest BCUT2D eigenvalue weighted by molar-refractivity contribution is 6.04. The molecule has 1 unspecified atom stereocenters. The summed E-state index contributed by atoms with van der Waals surface area (Å²) in [5.41, 5.74) is 3.54. The van der Waals surface area contributed by atoms with E-state index in [1.54, 1.807) is 18.5 Å². The van der Waals surface area contributed by atoms with E-state index in [0.717, 1.165) is 17.5 Å². The summed E-state index contributed by atoms with van der Waals surface area (Å²) in [5, 5.41) is 10.3. The topological polar surface area (TPSA) is 63.1 Å². The molecule has 0 spiro atoms. The van der Waals surface area contributed by atoms with Crippen LogP contribution in [0.15, 0.2) is 48.8 Å². The van der Waals surface area contributed by atoms with Crippen LogP contribution in [0.1, 0.15) is 42.1 Å². The molecule has 4 nitrogen and oxygen atoms in total. The third kappa shape index (κ3) is 2.93. The molecule has 0 aliphatic rings. The summed E-state index contributed by atoms with van der Waals surface area (Å²) < 4.78 is 0. The normalized spacial score (nSPS) is 12.3. The first-order valence-electron chi connectivity index (χ1n) is 7.68. The molecule has 0 saturated carbocycles. The molecule has 3 rings (SSSR count). The van der Waals surface area contributed by atoms with Gasteiger partial charge in [-0.2, -0.15) is 0 Å². The van der Waals surface area contributed by atoms with Gasteiger partial charge in [0.05, 0.1) is 16.8 Å². The average Bonchev–Trinajstić information content (AvgIpc) is 2.60. The Labute approximate surface area is 134 Å².